The summed E-state index contributed by atoms with van der Waals surface area (Å²) in [5, 5.41) is 11.3. The predicted molar refractivity (Wildman–Crippen MR) is 100 cm³/mol. The van der Waals surface area contributed by atoms with Crippen LogP contribution in [-0.4, -0.2) is 60.0 Å². The molecule has 0 radical (unpaired) electrons. The first-order valence-electron chi connectivity index (χ1n) is 8.18. The topological polar surface area (TPSA) is 75.9 Å². The largest absolute Gasteiger partial charge is 0.491 e. The molecule has 0 saturated carbocycles. The Kier molecular flexibility index (Phi) is 6.08. The third kappa shape index (κ3) is 4.51. The second-order valence-electron chi connectivity index (χ2n) is 5.81. The summed E-state index contributed by atoms with van der Waals surface area (Å²) in [7, 11) is 0. The van der Waals surface area contributed by atoms with Gasteiger partial charge in [0, 0.05) is 38.8 Å². The zero-order valence-electron chi connectivity index (χ0n) is 14.0. The quantitative estimate of drug-likeness (QED) is 0.554. The van der Waals surface area contributed by atoms with Crippen molar-refractivity contribution in [2.45, 2.75) is 0 Å². The van der Waals surface area contributed by atoms with Crippen LogP contribution in [0.5, 0.6) is 5.75 Å². The third-order valence-corrected chi connectivity index (χ3v) is 5.48. The van der Waals surface area contributed by atoms with Gasteiger partial charge in [-0.3, -0.25) is 19.8 Å². The maximum Gasteiger partial charge on any atom is 0.324 e. The highest BCUT2D eigenvalue weighted by atomic mass is 35.5. The molecule has 0 unspecified atom stereocenters. The van der Waals surface area contributed by atoms with Crippen molar-refractivity contribution in [2.24, 2.45) is 0 Å². The molecule has 3 rings (SSSR count). The van der Waals surface area contributed by atoms with Crippen molar-refractivity contribution in [1.82, 2.24) is 9.80 Å². The maximum absolute atomic E-state index is 12.4. The molecule has 2 aromatic rings. The van der Waals surface area contributed by atoms with Crippen molar-refractivity contribution >= 4 is 33.8 Å². The molecular weight excluding hydrogens is 378 g/mol. The normalized spacial score (nSPS) is 15.0. The van der Waals surface area contributed by atoms with Gasteiger partial charge in [0.05, 0.1) is 14.8 Å². The summed E-state index contributed by atoms with van der Waals surface area (Å²) in [6, 6.07) is 10.2. The SMILES string of the molecule is O=C(c1ccc([N+](=O)[O-])s1)N1CCN(CCOc2ccccc2Cl)CC1. The number of nitro groups is 1. The summed E-state index contributed by atoms with van der Waals surface area (Å²) in [4.78, 5) is 27.1. The Morgan fingerprint density at radius 3 is 2.58 bits per heavy atom. The molecule has 1 amide bonds. The molecule has 0 N–H and O–H groups in total. The number of ether oxygens (including phenoxy) is 1. The zero-order chi connectivity index (χ0) is 18.5. The Bertz CT molecular complexity index is 790. The highest BCUT2D eigenvalue weighted by Crippen LogP contribution is 2.25. The monoisotopic (exact) mass is 395 g/mol. The number of amides is 1. The van der Waals surface area contributed by atoms with E-state index in [1.165, 1.54) is 12.1 Å². The molecule has 0 atom stereocenters. The second-order valence-corrected chi connectivity index (χ2v) is 7.28. The third-order valence-electron chi connectivity index (χ3n) is 4.14. The lowest BCUT2D eigenvalue weighted by molar-refractivity contribution is -0.380. The Balaban J connectivity index is 1.44. The maximum atomic E-state index is 12.4. The molecule has 0 spiro atoms. The van der Waals surface area contributed by atoms with Crippen molar-refractivity contribution in [1.29, 1.82) is 0 Å². The van der Waals surface area contributed by atoms with E-state index in [4.69, 9.17) is 16.3 Å². The van der Waals surface area contributed by atoms with Gasteiger partial charge in [0.2, 0.25) is 0 Å². The molecule has 1 aliphatic heterocycles. The number of carbonyl (C=O) groups is 1. The van der Waals surface area contributed by atoms with Crippen molar-refractivity contribution in [3.8, 4) is 5.75 Å². The van der Waals surface area contributed by atoms with E-state index in [0.717, 1.165) is 31.0 Å². The van der Waals surface area contributed by atoms with Crippen LogP contribution >= 0.6 is 22.9 Å². The van der Waals surface area contributed by atoms with Gasteiger partial charge < -0.3 is 9.64 Å². The number of piperazine rings is 1. The van der Waals surface area contributed by atoms with E-state index in [1.54, 1.807) is 11.0 Å². The summed E-state index contributed by atoms with van der Waals surface area (Å²) < 4.78 is 5.69. The van der Waals surface area contributed by atoms with E-state index in [1.807, 2.05) is 18.2 Å². The van der Waals surface area contributed by atoms with E-state index in [9.17, 15) is 14.9 Å². The fourth-order valence-electron chi connectivity index (χ4n) is 2.72. The molecule has 1 saturated heterocycles. The number of hydrogen-bond acceptors (Lipinski definition) is 6. The lowest BCUT2D eigenvalue weighted by Gasteiger charge is -2.34. The fourth-order valence-corrected chi connectivity index (χ4v) is 3.70. The van der Waals surface area contributed by atoms with Gasteiger partial charge >= 0.3 is 5.00 Å². The molecule has 1 fully saturated rings. The highest BCUT2D eigenvalue weighted by molar-refractivity contribution is 7.17. The number of nitrogens with zero attached hydrogens (tertiary/aromatic N) is 3. The van der Waals surface area contributed by atoms with E-state index >= 15 is 0 Å². The molecule has 7 nitrogen and oxygen atoms in total. The first-order chi connectivity index (χ1) is 12.5. The van der Waals surface area contributed by atoms with Crippen LogP contribution < -0.4 is 4.74 Å². The van der Waals surface area contributed by atoms with Crippen LogP contribution in [0.3, 0.4) is 0 Å². The Hall–Kier alpha value is -2.16. The molecule has 26 heavy (non-hydrogen) atoms. The molecule has 9 heteroatoms. The zero-order valence-corrected chi connectivity index (χ0v) is 15.5. The van der Waals surface area contributed by atoms with Gasteiger partial charge in [0.15, 0.2) is 0 Å². The predicted octanol–water partition coefficient (Wildman–Crippen LogP) is 3.15. The van der Waals surface area contributed by atoms with Gasteiger partial charge in [-0.05, 0) is 18.2 Å². The molecule has 2 heterocycles. The van der Waals surface area contributed by atoms with Gasteiger partial charge in [0.25, 0.3) is 5.91 Å². The van der Waals surface area contributed by atoms with E-state index in [2.05, 4.69) is 4.90 Å². The second kappa shape index (κ2) is 8.48. The lowest BCUT2D eigenvalue weighted by Crippen LogP contribution is -2.49. The molecular formula is C17H18ClN3O4S. The number of carbonyl (C=O) groups excluding carboxylic acids is 1. The number of para-hydroxylation sites is 1. The van der Waals surface area contributed by atoms with Crippen molar-refractivity contribution in [3.63, 3.8) is 0 Å². The minimum Gasteiger partial charge on any atom is -0.491 e. The summed E-state index contributed by atoms with van der Waals surface area (Å²) in [5.41, 5.74) is 0. The Labute approximate surface area is 159 Å². The summed E-state index contributed by atoms with van der Waals surface area (Å²) in [5.74, 6) is 0.525. The van der Waals surface area contributed by atoms with Gasteiger partial charge in [-0.1, -0.05) is 35.1 Å². The van der Waals surface area contributed by atoms with E-state index in [0.29, 0.717) is 35.3 Å². The van der Waals surface area contributed by atoms with Crippen LogP contribution in [0.2, 0.25) is 5.02 Å². The van der Waals surface area contributed by atoms with Gasteiger partial charge in [0.1, 0.15) is 12.4 Å². The number of thiophene rings is 1. The van der Waals surface area contributed by atoms with E-state index < -0.39 is 4.92 Å². The average molecular weight is 396 g/mol. The van der Waals surface area contributed by atoms with Crippen molar-refractivity contribution < 1.29 is 14.5 Å². The number of halogens is 1. The molecule has 0 aliphatic carbocycles. The van der Waals surface area contributed by atoms with Crippen molar-refractivity contribution in [3.05, 3.63) is 56.4 Å². The Morgan fingerprint density at radius 2 is 1.92 bits per heavy atom. The minimum absolute atomic E-state index is 0.0105. The number of hydrogen-bond donors (Lipinski definition) is 0. The highest BCUT2D eigenvalue weighted by Gasteiger charge is 2.24. The summed E-state index contributed by atoms with van der Waals surface area (Å²) >= 11 is 6.98. The molecule has 1 aromatic carbocycles. The first kappa shape index (κ1) is 18.6. The molecule has 1 aliphatic rings. The van der Waals surface area contributed by atoms with Gasteiger partial charge in [-0.15, -0.1) is 0 Å². The smallest absolute Gasteiger partial charge is 0.324 e. The van der Waals surface area contributed by atoms with Crippen molar-refractivity contribution in [2.75, 3.05) is 39.3 Å². The van der Waals surface area contributed by atoms with Gasteiger partial charge in [-0.25, -0.2) is 0 Å². The molecule has 138 valence electrons. The summed E-state index contributed by atoms with van der Waals surface area (Å²) in [6.45, 7) is 3.94. The molecule has 1 aromatic heterocycles. The van der Waals surface area contributed by atoms with Crippen LogP contribution in [0, 0.1) is 10.1 Å². The van der Waals surface area contributed by atoms with Gasteiger partial charge in [-0.2, -0.15) is 0 Å². The number of benzene rings is 1. The molecule has 0 bridgehead atoms. The fraction of sp³-hybridized carbons (Fsp3) is 0.353. The number of rotatable bonds is 6. The van der Waals surface area contributed by atoms with Crippen LogP contribution in [0.1, 0.15) is 9.67 Å². The van der Waals surface area contributed by atoms with Crippen LogP contribution in [-0.2, 0) is 0 Å². The van der Waals surface area contributed by atoms with Crippen LogP contribution in [0.15, 0.2) is 36.4 Å². The minimum atomic E-state index is -0.474. The first-order valence-corrected chi connectivity index (χ1v) is 9.37. The summed E-state index contributed by atoms with van der Waals surface area (Å²) in [6.07, 6.45) is 0. The van der Waals surface area contributed by atoms with Crippen LogP contribution in [0.25, 0.3) is 0 Å². The standard InChI is InChI=1S/C17H18ClN3O4S/c18-13-3-1-2-4-14(13)25-12-11-19-7-9-20(10-8-19)17(22)15-5-6-16(26-15)21(23)24/h1-6H,7-12H2. The lowest BCUT2D eigenvalue weighted by atomic mass is 10.3. The Morgan fingerprint density at radius 1 is 1.19 bits per heavy atom. The van der Waals surface area contributed by atoms with Crippen LogP contribution in [0.4, 0.5) is 5.00 Å². The van der Waals surface area contributed by atoms with E-state index in [-0.39, 0.29) is 10.9 Å². The average Bonchev–Trinajstić information content (AvgIpc) is 3.14.